The Hall–Kier alpha value is -1.12. The van der Waals surface area contributed by atoms with Crippen LogP contribution >= 0.6 is 15.9 Å². The quantitative estimate of drug-likeness (QED) is 0.833. The normalized spacial score (nSPS) is 20.0. The molecule has 1 saturated carbocycles. The van der Waals surface area contributed by atoms with Gasteiger partial charge in [0.15, 0.2) is 5.75 Å². The Balaban J connectivity index is 2.37. The van der Waals surface area contributed by atoms with Crippen LogP contribution in [0.15, 0.2) is 21.5 Å². The highest BCUT2D eigenvalue weighted by Crippen LogP contribution is 2.44. The SMILES string of the molecule is COc1c(Br)cc(C(=O)NC2CC2(C)C)cc1S(N)(=O)=O. The lowest BCUT2D eigenvalue weighted by Gasteiger charge is -2.12. The van der Waals surface area contributed by atoms with E-state index in [2.05, 4.69) is 35.1 Å². The standard InChI is InChI=1S/C13H17BrN2O4S/c1-13(2)6-10(13)16-12(17)7-4-8(14)11(20-3)9(5-7)21(15,18)19/h4-5,10H,6H2,1-3H3,(H,16,17)(H2,15,18,19). The van der Waals surface area contributed by atoms with Gasteiger partial charge in [-0.05, 0) is 39.9 Å². The summed E-state index contributed by atoms with van der Waals surface area (Å²) < 4.78 is 28.6. The molecule has 0 bridgehead atoms. The number of halogens is 1. The number of carbonyl (C=O) groups is 1. The molecule has 2 rings (SSSR count). The van der Waals surface area contributed by atoms with Gasteiger partial charge in [0.2, 0.25) is 10.0 Å². The Morgan fingerprint density at radius 1 is 1.48 bits per heavy atom. The van der Waals surface area contributed by atoms with Gasteiger partial charge in [-0.25, -0.2) is 13.6 Å². The predicted molar refractivity (Wildman–Crippen MR) is 81.7 cm³/mol. The van der Waals surface area contributed by atoms with Crippen LogP contribution in [0, 0.1) is 5.41 Å². The van der Waals surface area contributed by atoms with Crippen molar-refractivity contribution in [1.29, 1.82) is 0 Å². The molecule has 0 aromatic heterocycles. The number of nitrogens with two attached hydrogens (primary N) is 1. The number of amides is 1. The summed E-state index contributed by atoms with van der Waals surface area (Å²) in [5.74, 6) is -0.250. The zero-order valence-electron chi connectivity index (χ0n) is 11.9. The minimum atomic E-state index is -3.99. The largest absolute Gasteiger partial charge is 0.494 e. The summed E-state index contributed by atoms with van der Waals surface area (Å²) in [6, 6.07) is 2.84. The van der Waals surface area contributed by atoms with Gasteiger partial charge in [0.25, 0.3) is 5.91 Å². The number of rotatable bonds is 4. The highest BCUT2D eigenvalue weighted by molar-refractivity contribution is 9.10. The summed E-state index contributed by atoms with van der Waals surface area (Å²) in [7, 11) is -2.66. The molecule has 1 atom stereocenters. The van der Waals surface area contributed by atoms with Gasteiger partial charge in [0, 0.05) is 11.6 Å². The van der Waals surface area contributed by atoms with Gasteiger partial charge < -0.3 is 10.1 Å². The van der Waals surface area contributed by atoms with Gasteiger partial charge in [-0.3, -0.25) is 4.79 Å². The summed E-state index contributed by atoms with van der Waals surface area (Å²) in [5.41, 5.74) is 0.302. The lowest BCUT2D eigenvalue weighted by Crippen LogP contribution is -2.28. The number of carbonyl (C=O) groups excluding carboxylic acids is 1. The van der Waals surface area contributed by atoms with E-state index >= 15 is 0 Å². The van der Waals surface area contributed by atoms with Crippen molar-refractivity contribution in [2.24, 2.45) is 10.6 Å². The second-order valence-electron chi connectivity index (χ2n) is 5.75. The molecular formula is C13H17BrN2O4S. The lowest BCUT2D eigenvalue weighted by molar-refractivity contribution is 0.0946. The van der Waals surface area contributed by atoms with E-state index in [9.17, 15) is 13.2 Å². The topological polar surface area (TPSA) is 98.5 Å². The van der Waals surface area contributed by atoms with Crippen LogP contribution in [-0.2, 0) is 10.0 Å². The maximum atomic E-state index is 12.2. The molecule has 1 aliphatic rings. The van der Waals surface area contributed by atoms with Gasteiger partial charge in [-0.1, -0.05) is 13.8 Å². The van der Waals surface area contributed by atoms with Crippen LogP contribution < -0.4 is 15.2 Å². The Bertz CT molecular complexity index is 700. The van der Waals surface area contributed by atoms with Crippen LogP contribution in [0.3, 0.4) is 0 Å². The third kappa shape index (κ3) is 3.38. The van der Waals surface area contributed by atoms with Crippen molar-refractivity contribution in [3.05, 3.63) is 22.2 Å². The average molecular weight is 377 g/mol. The smallest absolute Gasteiger partial charge is 0.251 e. The monoisotopic (exact) mass is 376 g/mol. The van der Waals surface area contributed by atoms with Crippen molar-refractivity contribution in [3.8, 4) is 5.75 Å². The van der Waals surface area contributed by atoms with Crippen LogP contribution in [0.4, 0.5) is 0 Å². The molecule has 1 aromatic carbocycles. The van der Waals surface area contributed by atoms with Crippen molar-refractivity contribution in [3.63, 3.8) is 0 Å². The zero-order valence-corrected chi connectivity index (χ0v) is 14.3. The van der Waals surface area contributed by atoms with Crippen LogP contribution in [-0.4, -0.2) is 27.5 Å². The number of methoxy groups -OCH3 is 1. The van der Waals surface area contributed by atoms with E-state index in [-0.39, 0.29) is 33.6 Å². The van der Waals surface area contributed by atoms with E-state index in [1.54, 1.807) is 0 Å². The van der Waals surface area contributed by atoms with E-state index in [1.165, 1.54) is 19.2 Å². The molecule has 0 aliphatic heterocycles. The molecule has 1 amide bonds. The van der Waals surface area contributed by atoms with E-state index < -0.39 is 10.0 Å². The Morgan fingerprint density at radius 2 is 2.05 bits per heavy atom. The molecule has 0 saturated heterocycles. The fourth-order valence-corrected chi connectivity index (χ4v) is 3.56. The minimum absolute atomic E-state index is 0.0841. The molecular weight excluding hydrogens is 360 g/mol. The Labute approximate surface area is 132 Å². The number of ether oxygens (including phenoxy) is 1. The third-order valence-electron chi connectivity index (χ3n) is 3.60. The molecule has 0 spiro atoms. The summed E-state index contributed by atoms with van der Waals surface area (Å²) in [4.78, 5) is 12.0. The first-order valence-corrected chi connectivity index (χ1v) is 8.61. The first-order chi connectivity index (χ1) is 9.56. The fraction of sp³-hybridized carbons (Fsp3) is 0.462. The van der Waals surface area contributed by atoms with Crippen LogP contribution in [0.5, 0.6) is 5.75 Å². The van der Waals surface area contributed by atoms with Gasteiger partial charge in [0.05, 0.1) is 11.6 Å². The fourth-order valence-electron chi connectivity index (χ4n) is 2.06. The van der Waals surface area contributed by atoms with Gasteiger partial charge in [-0.2, -0.15) is 0 Å². The van der Waals surface area contributed by atoms with Gasteiger partial charge in [-0.15, -0.1) is 0 Å². The first kappa shape index (κ1) is 16.3. The predicted octanol–water partition coefficient (Wildman–Crippen LogP) is 1.63. The van der Waals surface area contributed by atoms with E-state index in [0.29, 0.717) is 4.47 Å². The minimum Gasteiger partial charge on any atom is -0.494 e. The average Bonchev–Trinajstić information content (AvgIpc) is 2.94. The van der Waals surface area contributed by atoms with Crippen molar-refractivity contribution >= 4 is 31.9 Å². The van der Waals surface area contributed by atoms with Gasteiger partial charge >= 0.3 is 0 Å². The van der Waals surface area contributed by atoms with E-state index in [1.807, 2.05) is 0 Å². The number of nitrogens with one attached hydrogen (secondary N) is 1. The highest BCUT2D eigenvalue weighted by atomic mass is 79.9. The molecule has 1 aromatic rings. The number of benzene rings is 1. The Kier molecular flexibility index (Phi) is 4.07. The molecule has 116 valence electrons. The highest BCUT2D eigenvalue weighted by Gasteiger charge is 2.46. The zero-order chi connectivity index (χ0) is 16.0. The second-order valence-corrected chi connectivity index (χ2v) is 8.14. The molecule has 1 fully saturated rings. The maximum Gasteiger partial charge on any atom is 0.251 e. The van der Waals surface area contributed by atoms with E-state index in [0.717, 1.165) is 6.42 Å². The van der Waals surface area contributed by atoms with E-state index in [4.69, 9.17) is 9.88 Å². The molecule has 0 radical (unpaired) electrons. The summed E-state index contributed by atoms with van der Waals surface area (Å²) in [6.45, 7) is 4.11. The summed E-state index contributed by atoms with van der Waals surface area (Å²) in [6.07, 6.45) is 0.901. The Morgan fingerprint density at radius 3 is 2.48 bits per heavy atom. The van der Waals surface area contributed by atoms with Crippen LogP contribution in [0.2, 0.25) is 0 Å². The molecule has 8 heteroatoms. The van der Waals surface area contributed by atoms with Crippen molar-refractivity contribution in [1.82, 2.24) is 5.32 Å². The molecule has 3 N–H and O–H groups in total. The number of hydrogen-bond donors (Lipinski definition) is 2. The summed E-state index contributed by atoms with van der Waals surface area (Å²) in [5, 5.41) is 8.04. The lowest BCUT2D eigenvalue weighted by atomic mass is 10.1. The molecule has 1 unspecified atom stereocenters. The third-order valence-corrected chi connectivity index (χ3v) is 5.11. The van der Waals surface area contributed by atoms with Crippen molar-refractivity contribution in [2.45, 2.75) is 31.2 Å². The molecule has 21 heavy (non-hydrogen) atoms. The van der Waals surface area contributed by atoms with Crippen LogP contribution in [0.25, 0.3) is 0 Å². The molecule has 6 nitrogen and oxygen atoms in total. The summed E-state index contributed by atoms with van der Waals surface area (Å²) >= 11 is 3.20. The molecule has 1 aliphatic carbocycles. The number of primary sulfonamides is 1. The van der Waals surface area contributed by atoms with Gasteiger partial charge in [0.1, 0.15) is 4.90 Å². The number of hydrogen-bond acceptors (Lipinski definition) is 4. The molecule has 0 heterocycles. The van der Waals surface area contributed by atoms with Crippen molar-refractivity contribution < 1.29 is 17.9 Å². The number of sulfonamides is 1. The van der Waals surface area contributed by atoms with Crippen LogP contribution in [0.1, 0.15) is 30.6 Å². The first-order valence-electron chi connectivity index (χ1n) is 6.27. The second kappa shape index (κ2) is 5.26. The maximum absolute atomic E-state index is 12.2. The van der Waals surface area contributed by atoms with Crippen molar-refractivity contribution in [2.75, 3.05) is 7.11 Å².